The van der Waals surface area contributed by atoms with Crippen molar-refractivity contribution in [1.82, 2.24) is 0 Å². The molecule has 0 aromatic heterocycles. The molecule has 0 aliphatic carbocycles. The molecule has 0 heterocycles. The number of hydrogen-bond donors (Lipinski definition) is 2. The lowest BCUT2D eigenvalue weighted by Crippen LogP contribution is -2.02. The van der Waals surface area contributed by atoms with Gasteiger partial charge in [-0.3, -0.25) is 0 Å². The van der Waals surface area contributed by atoms with Crippen molar-refractivity contribution in [3.63, 3.8) is 0 Å². The Bertz CT molecular complexity index is 275. The van der Waals surface area contributed by atoms with E-state index in [1.54, 1.807) is 18.2 Å². The molecule has 1 aromatic rings. The summed E-state index contributed by atoms with van der Waals surface area (Å²) < 4.78 is 0. The summed E-state index contributed by atoms with van der Waals surface area (Å²) in [7, 11) is 5.08. The van der Waals surface area contributed by atoms with E-state index in [1.807, 2.05) is 0 Å². The van der Waals surface area contributed by atoms with Crippen LogP contribution in [-0.2, 0) is 0 Å². The smallest absolute Gasteiger partial charge is 0.337 e. The van der Waals surface area contributed by atoms with Gasteiger partial charge in [-0.25, -0.2) is 4.79 Å². The Labute approximate surface area is 65.5 Å². The van der Waals surface area contributed by atoms with Crippen LogP contribution in [0.25, 0.3) is 0 Å². The summed E-state index contributed by atoms with van der Waals surface area (Å²) in [6.45, 7) is 0. The lowest BCUT2D eigenvalue weighted by atomic mass is 10.1. The predicted molar refractivity (Wildman–Crippen MR) is 42.8 cm³/mol. The van der Waals surface area contributed by atoms with Crippen LogP contribution in [0, 0.1) is 0 Å². The van der Waals surface area contributed by atoms with Crippen LogP contribution in [0.15, 0.2) is 24.3 Å². The highest BCUT2D eigenvalue weighted by Crippen LogP contribution is 2.12. The largest absolute Gasteiger partial charge is 0.478 e. The molecule has 0 aliphatic rings. The summed E-state index contributed by atoms with van der Waals surface area (Å²) in [5.41, 5.74) is 0.593. The van der Waals surface area contributed by atoms with Crippen LogP contribution in [-0.4, -0.2) is 19.1 Å². The minimum absolute atomic E-state index is 0.176. The van der Waals surface area contributed by atoms with Gasteiger partial charge in [0.05, 0.1) is 5.56 Å². The molecular formula is C7H6BNO2. The predicted octanol–water partition coefficient (Wildman–Crippen LogP) is 0.880. The zero-order valence-corrected chi connectivity index (χ0v) is 5.74. The van der Waals surface area contributed by atoms with E-state index in [9.17, 15) is 4.79 Å². The minimum Gasteiger partial charge on any atom is -0.478 e. The van der Waals surface area contributed by atoms with Crippen LogP contribution in [0.4, 0.5) is 5.69 Å². The Morgan fingerprint density at radius 1 is 1.45 bits per heavy atom. The molecule has 11 heavy (non-hydrogen) atoms. The lowest BCUT2D eigenvalue weighted by molar-refractivity contribution is 0.0698. The fourth-order valence-electron chi connectivity index (χ4n) is 0.795. The van der Waals surface area contributed by atoms with E-state index >= 15 is 0 Å². The second-order valence-corrected chi connectivity index (χ2v) is 2.00. The summed E-state index contributed by atoms with van der Waals surface area (Å²) in [4.78, 5) is 10.5. The van der Waals surface area contributed by atoms with Gasteiger partial charge in [-0.15, -0.1) is 0 Å². The highest BCUT2D eigenvalue weighted by Gasteiger charge is 2.05. The monoisotopic (exact) mass is 147 g/mol. The lowest BCUT2D eigenvalue weighted by Gasteiger charge is -2.02. The highest BCUT2D eigenvalue weighted by atomic mass is 16.4. The maximum Gasteiger partial charge on any atom is 0.337 e. The first-order valence-electron chi connectivity index (χ1n) is 3.04. The molecule has 0 atom stereocenters. The van der Waals surface area contributed by atoms with Crippen LogP contribution in [0.2, 0.25) is 0 Å². The van der Waals surface area contributed by atoms with Crippen LogP contribution < -0.4 is 5.23 Å². The molecule has 54 valence electrons. The normalized spacial score (nSPS) is 9.09. The van der Waals surface area contributed by atoms with E-state index in [2.05, 4.69) is 5.23 Å². The first-order valence-corrected chi connectivity index (χ1v) is 3.04. The minimum atomic E-state index is -0.987. The van der Waals surface area contributed by atoms with E-state index < -0.39 is 5.97 Å². The molecule has 0 saturated heterocycles. The molecule has 4 heteroatoms. The quantitative estimate of drug-likeness (QED) is 0.610. The van der Waals surface area contributed by atoms with Gasteiger partial charge in [0, 0.05) is 5.69 Å². The molecule has 3 nitrogen and oxygen atoms in total. The Balaban J connectivity index is 3.12. The number of rotatable bonds is 2. The van der Waals surface area contributed by atoms with E-state index in [4.69, 9.17) is 13.1 Å². The third-order valence-electron chi connectivity index (χ3n) is 1.31. The van der Waals surface area contributed by atoms with Crippen molar-refractivity contribution in [2.45, 2.75) is 0 Å². The number of benzene rings is 1. The maximum absolute atomic E-state index is 10.5. The van der Waals surface area contributed by atoms with Crippen molar-refractivity contribution in [2.24, 2.45) is 0 Å². The van der Waals surface area contributed by atoms with Gasteiger partial charge in [-0.1, -0.05) is 12.1 Å². The molecule has 0 aliphatic heterocycles. The van der Waals surface area contributed by atoms with Gasteiger partial charge in [0.1, 0.15) is 0 Å². The molecule has 0 fully saturated rings. The van der Waals surface area contributed by atoms with Gasteiger partial charge < -0.3 is 10.3 Å². The summed E-state index contributed by atoms with van der Waals surface area (Å²) in [5.74, 6) is -0.987. The number of carbonyl (C=O) groups is 1. The van der Waals surface area contributed by atoms with E-state index in [1.165, 1.54) is 6.07 Å². The van der Waals surface area contributed by atoms with Gasteiger partial charge in [-0.2, -0.15) is 0 Å². The van der Waals surface area contributed by atoms with Crippen molar-refractivity contribution < 1.29 is 9.90 Å². The summed E-state index contributed by atoms with van der Waals surface area (Å²) in [5, 5.41) is 10.9. The Hall–Kier alpha value is -1.45. The first kappa shape index (κ1) is 7.66. The first-order chi connectivity index (χ1) is 5.25. The Morgan fingerprint density at radius 2 is 2.09 bits per heavy atom. The van der Waals surface area contributed by atoms with Crippen molar-refractivity contribution in [1.29, 1.82) is 0 Å². The fourth-order valence-corrected chi connectivity index (χ4v) is 0.795. The van der Waals surface area contributed by atoms with E-state index in [0.29, 0.717) is 5.69 Å². The molecule has 1 aromatic carbocycles. The molecule has 0 saturated carbocycles. The Morgan fingerprint density at radius 3 is 2.55 bits per heavy atom. The van der Waals surface area contributed by atoms with Gasteiger partial charge >= 0.3 is 5.97 Å². The number of carboxylic acids is 1. The van der Waals surface area contributed by atoms with Crippen LogP contribution in [0.3, 0.4) is 0 Å². The highest BCUT2D eigenvalue weighted by molar-refractivity contribution is 6.17. The number of hydrogen-bond acceptors (Lipinski definition) is 2. The number of carboxylic acid groups (broad SMARTS) is 1. The van der Waals surface area contributed by atoms with Crippen LogP contribution in [0.1, 0.15) is 10.4 Å². The van der Waals surface area contributed by atoms with Crippen LogP contribution in [0.5, 0.6) is 0 Å². The topological polar surface area (TPSA) is 49.3 Å². The summed E-state index contributed by atoms with van der Waals surface area (Å²) >= 11 is 0. The van der Waals surface area contributed by atoms with Gasteiger partial charge in [0.15, 0.2) is 0 Å². The second kappa shape index (κ2) is 3.10. The summed E-state index contributed by atoms with van der Waals surface area (Å²) in [6.07, 6.45) is 0. The van der Waals surface area contributed by atoms with E-state index in [-0.39, 0.29) is 5.56 Å². The van der Waals surface area contributed by atoms with Crippen molar-refractivity contribution >= 4 is 19.6 Å². The number of anilines is 1. The number of para-hydroxylation sites is 1. The van der Waals surface area contributed by atoms with Crippen molar-refractivity contribution in [2.75, 3.05) is 5.23 Å². The average Bonchev–Trinajstić information content (AvgIpc) is 2.04. The van der Waals surface area contributed by atoms with Crippen molar-refractivity contribution in [3.8, 4) is 0 Å². The zero-order valence-electron chi connectivity index (χ0n) is 5.74. The number of nitrogens with one attached hydrogen (secondary N) is 1. The van der Waals surface area contributed by atoms with Crippen molar-refractivity contribution in [3.05, 3.63) is 29.8 Å². The number of aromatic carboxylic acids is 1. The van der Waals surface area contributed by atoms with Crippen LogP contribution >= 0.6 is 0 Å². The third kappa shape index (κ3) is 1.52. The average molecular weight is 147 g/mol. The SMILES string of the molecule is [B]Nc1ccccc1C(=O)O. The molecule has 0 spiro atoms. The molecule has 0 amide bonds. The molecular weight excluding hydrogens is 141 g/mol. The standard InChI is InChI=1S/C7H6BNO2/c8-9-6-4-2-1-3-5(6)7(10)11/h1-4,9H,(H,10,11). The third-order valence-corrected chi connectivity index (χ3v) is 1.31. The van der Waals surface area contributed by atoms with Gasteiger partial charge in [0.25, 0.3) is 0 Å². The molecule has 2 radical (unpaired) electrons. The van der Waals surface area contributed by atoms with E-state index in [0.717, 1.165) is 0 Å². The second-order valence-electron chi connectivity index (χ2n) is 2.00. The summed E-state index contributed by atoms with van der Waals surface area (Å²) in [6, 6.07) is 6.44. The van der Waals surface area contributed by atoms with Gasteiger partial charge in [-0.05, 0) is 12.1 Å². The molecule has 0 bridgehead atoms. The molecule has 1 rings (SSSR count). The Kier molecular flexibility index (Phi) is 2.16. The zero-order chi connectivity index (χ0) is 8.27. The molecule has 2 N–H and O–H groups in total. The molecule has 0 unspecified atom stereocenters. The van der Waals surface area contributed by atoms with Gasteiger partial charge in [0.2, 0.25) is 7.98 Å². The maximum atomic E-state index is 10.5. The fraction of sp³-hybridized carbons (Fsp3) is 0.